The number of hydrogen-bond donors (Lipinski definition) is 1. The molecule has 0 saturated carbocycles. The molecular formula is C14H13BrN2O2S. The third-order valence-corrected chi connectivity index (χ3v) is 4.57. The molecule has 2 aromatic rings. The summed E-state index contributed by atoms with van der Waals surface area (Å²) < 4.78 is 24.8. The third-order valence-electron chi connectivity index (χ3n) is 2.61. The van der Waals surface area contributed by atoms with Gasteiger partial charge in [0, 0.05) is 10.0 Å². The van der Waals surface area contributed by atoms with Crippen LogP contribution in [0.25, 0.3) is 0 Å². The highest BCUT2D eigenvalue weighted by Gasteiger charge is 2.11. The van der Waals surface area contributed by atoms with E-state index in [-0.39, 0.29) is 4.90 Å². The standard InChI is InChI=1S/C14H13BrN2O2S/c1-11-6-8-13(9-7-11)20(18,19)17-16-10-12-4-2-3-5-14(12)15/h2-10,17H,1H3/b16-10+. The van der Waals surface area contributed by atoms with Gasteiger partial charge in [-0.05, 0) is 25.1 Å². The minimum absolute atomic E-state index is 0.187. The van der Waals surface area contributed by atoms with E-state index in [0.29, 0.717) is 0 Å². The van der Waals surface area contributed by atoms with E-state index in [4.69, 9.17) is 0 Å². The normalized spacial score (nSPS) is 11.7. The van der Waals surface area contributed by atoms with E-state index in [1.54, 1.807) is 24.3 Å². The predicted octanol–water partition coefficient (Wildman–Crippen LogP) is 3.07. The minimum Gasteiger partial charge on any atom is -0.200 e. The van der Waals surface area contributed by atoms with Gasteiger partial charge in [0.2, 0.25) is 0 Å². The van der Waals surface area contributed by atoms with Crippen LogP contribution in [-0.4, -0.2) is 14.6 Å². The van der Waals surface area contributed by atoms with Gasteiger partial charge < -0.3 is 0 Å². The Kier molecular flexibility index (Phi) is 4.57. The molecule has 4 nitrogen and oxygen atoms in total. The number of benzene rings is 2. The highest BCUT2D eigenvalue weighted by Crippen LogP contribution is 2.13. The molecule has 0 heterocycles. The lowest BCUT2D eigenvalue weighted by atomic mass is 10.2. The second kappa shape index (κ2) is 6.19. The Morgan fingerprint density at radius 2 is 1.75 bits per heavy atom. The van der Waals surface area contributed by atoms with Crippen molar-refractivity contribution in [3.63, 3.8) is 0 Å². The number of hydrogen-bond acceptors (Lipinski definition) is 3. The van der Waals surface area contributed by atoms with Crippen LogP contribution in [0.3, 0.4) is 0 Å². The predicted molar refractivity (Wildman–Crippen MR) is 83.2 cm³/mol. The van der Waals surface area contributed by atoms with Crippen molar-refractivity contribution in [2.24, 2.45) is 5.10 Å². The van der Waals surface area contributed by atoms with Crippen LogP contribution in [0.5, 0.6) is 0 Å². The van der Waals surface area contributed by atoms with E-state index in [1.165, 1.54) is 6.21 Å². The molecule has 0 aliphatic heterocycles. The molecule has 104 valence electrons. The van der Waals surface area contributed by atoms with E-state index in [1.807, 2.05) is 31.2 Å². The van der Waals surface area contributed by atoms with Crippen LogP contribution in [0.4, 0.5) is 0 Å². The van der Waals surface area contributed by atoms with Gasteiger partial charge in [-0.2, -0.15) is 13.5 Å². The molecule has 6 heteroatoms. The molecular weight excluding hydrogens is 340 g/mol. The zero-order chi connectivity index (χ0) is 14.6. The number of sulfonamides is 1. The Balaban J connectivity index is 2.14. The summed E-state index contributed by atoms with van der Waals surface area (Å²) in [5.74, 6) is 0. The summed E-state index contributed by atoms with van der Waals surface area (Å²) in [6, 6.07) is 14.0. The lowest BCUT2D eigenvalue weighted by molar-refractivity contribution is 0.584. The van der Waals surface area contributed by atoms with Gasteiger partial charge in [0.25, 0.3) is 10.0 Å². The number of nitrogens with one attached hydrogen (secondary N) is 1. The molecule has 0 saturated heterocycles. The topological polar surface area (TPSA) is 58.5 Å². The van der Waals surface area contributed by atoms with Crippen molar-refractivity contribution in [2.75, 3.05) is 0 Å². The van der Waals surface area contributed by atoms with Gasteiger partial charge in [-0.25, -0.2) is 4.83 Å². The quantitative estimate of drug-likeness (QED) is 0.678. The first-order valence-electron chi connectivity index (χ1n) is 5.85. The van der Waals surface area contributed by atoms with Crippen LogP contribution >= 0.6 is 15.9 Å². The molecule has 0 aliphatic rings. The smallest absolute Gasteiger partial charge is 0.200 e. The van der Waals surface area contributed by atoms with Crippen LogP contribution in [0.15, 0.2) is 63.0 Å². The van der Waals surface area contributed by atoms with Crippen molar-refractivity contribution >= 4 is 32.2 Å². The monoisotopic (exact) mass is 352 g/mol. The van der Waals surface area contributed by atoms with Gasteiger partial charge in [0.05, 0.1) is 11.1 Å². The van der Waals surface area contributed by atoms with E-state index in [2.05, 4.69) is 25.9 Å². The molecule has 2 rings (SSSR count). The van der Waals surface area contributed by atoms with Crippen molar-refractivity contribution < 1.29 is 8.42 Å². The maximum Gasteiger partial charge on any atom is 0.276 e. The first-order valence-corrected chi connectivity index (χ1v) is 8.13. The number of hydrazone groups is 1. The minimum atomic E-state index is -3.62. The molecule has 20 heavy (non-hydrogen) atoms. The number of halogens is 1. The van der Waals surface area contributed by atoms with Crippen LogP contribution in [0, 0.1) is 6.92 Å². The fourth-order valence-corrected chi connectivity index (χ4v) is 2.69. The maximum atomic E-state index is 12.0. The second-order valence-electron chi connectivity index (χ2n) is 4.19. The van der Waals surface area contributed by atoms with Crippen molar-refractivity contribution in [3.05, 3.63) is 64.1 Å². The summed E-state index contributed by atoms with van der Waals surface area (Å²) in [5.41, 5.74) is 1.79. The van der Waals surface area contributed by atoms with Crippen LogP contribution in [-0.2, 0) is 10.0 Å². The molecule has 1 N–H and O–H groups in total. The average molecular weight is 353 g/mol. The molecule has 0 amide bonds. The summed E-state index contributed by atoms with van der Waals surface area (Å²) in [6.07, 6.45) is 1.45. The molecule has 0 aromatic heterocycles. The van der Waals surface area contributed by atoms with Gasteiger partial charge in [-0.1, -0.05) is 51.8 Å². The Hall–Kier alpha value is -1.66. The maximum absolute atomic E-state index is 12.0. The average Bonchev–Trinajstić information content (AvgIpc) is 2.41. The van der Waals surface area contributed by atoms with Gasteiger partial charge >= 0.3 is 0 Å². The first-order chi connectivity index (χ1) is 9.49. The lowest BCUT2D eigenvalue weighted by Crippen LogP contribution is -2.18. The molecule has 0 spiro atoms. The molecule has 2 aromatic carbocycles. The molecule has 0 atom stereocenters. The summed E-state index contributed by atoms with van der Waals surface area (Å²) >= 11 is 3.36. The van der Waals surface area contributed by atoms with E-state index >= 15 is 0 Å². The second-order valence-corrected chi connectivity index (χ2v) is 6.70. The van der Waals surface area contributed by atoms with Crippen LogP contribution < -0.4 is 4.83 Å². The number of rotatable bonds is 4. The van der Waals surface area contributed by atoms with Crippen molar-refractivity contribution in [1.82, 2.24) is 4.83 Å². The van der Waals surface area contributed by atoms with Gasteiger partial charge in [-0.15, -0.1) is 0 Å². The van der Waals surface area contributed by atoms with Gasteiger partial charge in [0.1, 0.15) is 0 Å². The zero-order valence-corrected chi connectivity index (χ0v) is 13.1. The first kappa shape index (κ1) is 14.7. The molecule has 0 radical (unpaired) electrons. The Morgan fingerprint density at radius 3 is 2.40 bits per heavy atom. The number of nitrogens with zero attached hydrogens (tertiary/aromatic N) is 1. The summed E-state index contributed by atoms with van der Waals surface area (Å²) in [5, 5.41) is 3.78. The van der Waals surface area contributed by atoms with Gasteiger partial charge in [-0.3, -0.25) is 0 Å². The Labute approximate surface area is 126 Å². The SMILES string of the molecule is Cc1ccc(S(=O)(=O)N/N=C/c2ccccc2Br)cc1. The van der Waals surface area contributed by atoms with Gasteiger partial charge in [0.15, 0.2) is 0 Å². The molecule has 0 fully saturated rings. The molecule has 0 aliphatic carbocycles. The van der Waals surface area contributed by atoms with Crippen molar-refractivity contribution in [2.45, 2.75) is 11.8 Å². The Bertz CT molecular complexity index is 725. The summed E-state index contributed by atoms with van der Waals surface area (Å²) in [6.45, 7) is 1.90. The fourth-order valence-electron chi connectivity index (χ4n) is 1.52. The zero-order valence-electron chi connectivity index (χ0n) is 10.7. The Morgan fingerprint density at radius 1 is 1.10 bits per heavy atom. The summed E-state index contributed by atoms with van der Waals surface area (Å²) in [7, 11) is -3.62. The van der Waals surface area contributed by atoms with E-state index in [0.717, 1.165) is 15.6 Å². The van der Waals surface area contributed by atoms with E-state index < -0.39 is 10.0 Å². The van der Waals surface area contributed by atoms with Crippen molar-refractivity contribution in [1.29, 1.82) is 0 Å². The van der Waals surface area contributed by atoms with Crippen LogP contribution in [0.1, 0.15) is 11.1 Å². The highest BCUT2D eigenvalue weighted by molar-refractivity contribution is 9.10. The molecule has 0 unspecified atom stereocenters. The lowest BCUT2D eigenvalue weighted by Gasteiger charge is -2.03. The fraction of sp³-hybridized carbons (Fsp3) is 0.0714. The largest absolute Gasteiger partial charge is 0.276 e. The highest BCUT2D eigenvalue weighted by atomic mass is 79.9. The summed E-state index contributed by atoms with van der Waals surface area (Å²) in [4.78, 5) is 2.38. The van der Waals surface area contributed by atoms with Crippen LogP contribution in [0.2, 0.25) is 0 Å². The van der Waals surface area contributed by atoms with Crippen molar-refractivity contribution in [3.8, 4) is 0 Å². The third kappa shape index (κ3) is 3.68. The number of aryl methyl sites for hydroxylation is 1. The molecule has 0 bridgehead atoms. The van der Waals surface area contributed by atoms with E-state index in [9.17, 15) is 8.42 Å².